The molecule has 2 aromatic rings. The predicted octanol–water partition coefficient (Wildman–Crippen LogP) is 3.85. The third-order valence-electron chi connectivity index (χ3n) is 4.39. The Balaban J connectivity index is 1.80. The van der Waals surface area contributed by atoms with Crippen molar-refractivity contribution < 1.29 is 19.1 Å². The molecule has 156 valence electrons. The molecule has 0 fully saturated rings. The van der Waals surface area contributed by atoms with Crippen molar-refractivity contribution in [3.05, 3.63) is 59.2 Å². The van der Waals surface area contributed by atoms with E-state index in [9.17, 15) is 9.59 Å². The highest BCUT2D eigenvalue weighted by atomic mass is 16.5. The molecule has 0 aliphatic heterocycles. The van der Waals surface area contributed by atoms with Crippen LogP contribution in [0, 0.1) is 6.92 Å². The summed E-state index contributed by atoms with van der Waals surface area (Å²) in [6, 6.07) is 13.5. The lowest BCUT2D eigenvalue weighted by atomic mass is 10.0. The molecule has 0 aliphatic carbocycles. The zero-order valence-electron chi connectivity index (χ0n) is 17.7. The molecule has 0 radical (unpaired) electrons. The number of rotatable bonds is 8. The SMILES string of the molecule is Cc1ccc(C(C)C)c(OCC(=O)NNC(=O)COc2ccccc2C(C)C)c1. The van der Waals surface area contributed by atoms with Gasteiger partial charge in [0, 0.05) is 0 Å². The van der Waals surface area contributed by atoms with Crippen molar-refractivity contribution in [2.45, 2.75) is 46.5 Å². The van der Waals surface area contributed by atoms with Gasteiger partial charge in [0.05, 0.1) is 0 Å². The second kappa shape index (κ2) is 10.5. The van der Waals surface area contributed by atoms with E-state index in [1.54, 1.807) is 0 Å². The smallest absolute Gasteiger partial charge is 0.276 e. The fourth-order valence-corrected chi connectivity index (χ4v) is 2.83. The Labute approximate surface area is 172 Å². The first-order valence-corrected chi connectivity index (χ1v) is 9.80. The van der Waals surface area contributed by atoms with Gasteiger partial charge < -0.3 is 9.47 Å². The number of hydrazine groups is 1. The fourth-order valence-electron chi connectivity index (χ4n) is 2.83. The molecule has 2 rings (SSSR count). The number of carbonyl (C=O) groups excluding carboxylic acids is 2. The van der Waals surface area contributed by atoms with Gasteiger partial charge in [0.1, 0.15) is 11.5 Å². The molecule has 6 nitrogen and oxygen atoms in total. The van der Waals surface area contributed by atoms with Crippen LogP contribution in [0.1, 0.15) is 56.2 Å². The summed E-state index contributed by atoms with van der Waals surface area (Å²) in [5.74, 6) is 0.998. The van der Waals surface area contributed by atoms with Gasteiger partial charge in [0.2, 0.25) is 0 Å². The number of carbonyl (C=O) groups is 2. The first-order chi connectivity index (χ1) is 13.8. The van der Waals surface area contributed by atoms with Crippen molar-refractivity contribution in [1.82, 2.24) is 10.9 Å². The Morgan fingerprint density at radius 2 is 1.31 bits per heavy atom. The van der Waals surface area contributed by atoms with Gasteiger partial charge in [-0.25, -0.2) is 0 Å². The third-order valence-corrected chi connectivity index (χ3v) is 4.39. The van der Waals surface area contributed by atoms with Crippen LogP contribution in [0.2, 0.25) is 0 Å². The number of para-hydroxylation sites is 1. The van der Waals surface area contributed by atoms with Gasteiger partial charge in [0.15, 0.2) is 13.2 Å². The quantitative estimate of drug-likeness (QED) is 0.662. The highest BCUT2D eigenvalue weighted by molar-refractivity contribution is 5.83. The molecule has 0 aliphatic rings. The summed E-state index contributed by atoms with van der Waals surface area (Å²) in [7, 11) is 0. The third kappa shape index (κ3) is 6.82. The van der Waals surface area contributed by atoms with E-state index < -0.39 is 11.8 Å². The van der Waals surface area contributed by atoms with E-state index in [1.807, 2.05) is 49.4 Å². The second-order valence-corrected chi connectivity index (χ2v) is 7.56. The molecular formula is C23H30N2O4. The van der Waals surface area contributed by atoms with Crippen LogP contribution in [-0.4, -0.2) is 25.0 Å². The summed E-state index contributed by atoms with van der Waals surface area (Å²) in [6.45, 7) is 9.82. The lowest BCUT2D eigenvalue weighted by Crippen LogP contribution is -2.45. The number of hydrogen-bond acceptors (Lipinski definition) is 4. The molecule has 2 N–H and O–H groups in total. The Morgan fingerprint density at radius 1 is 0.793 bits per heavy atom. The van der Waals surface area contributed by atoms with E-state index in [2.05, 4.69) is 38.5 Å². The van der Waals surface area contributed by atoms with Gasteiger partial charge in [-0.3, -0.25) is 20.4 Å². The summed E-state index contributed by atoms with van der Waals surface area (Å²) >= 11 is 0. The van der Waals surface area contributed by atoms with Crippen LogP contribution < -0.4 is 20.3 Å². The van der Waals surface area contributed by atoms with Crippen LogP contribution in [-0.2, 0) is 9.59 Å². The number of benzene rings is 2. The van der Waals surface area contributed by atoms with E-state index in [0.717, 1.165) is 16.7 Å². The zero-order chi connectivity index (χ0) is 21.4. The van der Waals surface area contributed by atoms with Crippen molar-refractivity contribution in [1.29, 1.82) is 0 Å². The standard InChI is InChI=1S/C23H30N2O4/c1-15(2)18-8-6-7-9-20(18)28-13-22(26)24-25-23(27)14-29-21-12-17(5)10-11-19(21)16(3)4/h6-12,15-16H,13-14H2,1-5H3,(H,24,26)(H,25,27). The largest absolute Gasteiger partial charge is 0.483 e. The van der Waals surface area contributed by atoms with Crippen LogP contribution in [0.3, 0.4) is 0 Å². The molecule has 6 heteroatoms. The lowest BCUT2D eigenvalue weighted by Gasteiger charge is -2.15. The van der Waals surface area contributed by atoms with Crippen LogP contribution in [0.4, 0.5) is 0 Å². The highest BCUT2D eigenvalue weighted by Crippen LogP contribution is 2.27. The summed E-state index contributed by atoms with van der Waals surface area (Å²) in [5.41, 5.74) is 7.80. The van der Waals surface area contributed by atoms with Crippen molar-refractivity contribution in [2.24, 2.45) is 0 Å². The van der Waals surface area contributed by atoms with Crippen LogP contribution in [0.5, 0.6) is 11.5 Å². The molecule has 0 atom stereocenters. The van der Waals surface area contributed by atoms with Gasteiger partial charge >= 0.3 is 0 Å². The maximum Gasteiger partial charge on any atom is 0.276 e. The Morgan fingerprint density at radius 3 is 1.90 bits per heavy atom. The first-order valence-electron chi connectivity index (χ1n) is 9.80. The van der Waals surface area contributed by atoms with Crippen molar-refractivity contribution in [3.63, 3.8) is 0 Å². The zero-order valence-corrected chi connectivity index (χ0v) is 17.7. The Kier molecular flexibility index (Phi) is 8.07. The van der Waals surface area contributed by atoms with Crippen LogP contribution >= 0.6 is 0 Å². The number of hydrogen-bond donors (Lipinski definition) is 2. The molecule has 0 aromatic heterocycles. The molecule has 2 aromatic carbocycles. The molecule has 0 saturated heterocycles. The molecule has 0 heterocycles. The molecule has 0 unspecified atom stereocenters. The summed E-state index contributed by atoms with van der Waals surface area (Å²) in [5, 5.41) is 0. The molecule has 29 heavy (non-hydrogen) atoms. The minimum Gasteiger partial charge on any atom is -0.483 e. The maximum atomic E-state index is 12.0. The lowest BCUT2D eigenvalue weighted by molar-refractivity contribution is -0.131. The predicted molar refractivity (Wildman–Crippen MR) is 113 cm³/mol. The van der Waals surface area contributed by atoms with Gasteiger partial charge in [0.25, 0.3) is 11.8 Å². The van der Waals surface area contributed by atoms with E-state index >= 15 is 0 Å². The Hall–Kier alpha value is -3.02. The first kappa shape index (κ1) is 22.3. The number of ether oxygens (including phenoxy) is 2. The molecule has 0 bridgehead atoms. The van der Waals surface area contributed by atoms with E-state index in [0.29, 0.717) is 11.5 Å². The van der Waals surface area contributed by atoms with E-state index in [1.165, 1.54) is 0 Å². The van der Waals surface area contributed by atoms with Gasteiger partial charge in [-0.2, -0.15) is 0 Å². The van der Waals surface area contributed by atoms with Crippen molar-refractivity contribution in [2.75, 3.05) is 13.2 Å². The number of amides is 2. The molecule has 2 amide bonds. The van der Waals surface area contributed by atoms with Crippen molar-refractivity contribution in [3.8, 4) is 11.5 Å². The molecule has 0 spiro atoms. The number of nitrogens with one attached hydrogen (secondary N) is 2. The fraction of sp³-hybridized carbons (Fsp3) is 0.391. The topological polar surface area (TPSA) is 76.7 Å². The average molecular weight is 399 g/mol. The highest BCUT2D eigenvalue weighted by Gasteiger charge is 2.12. The minimum absolute atomic E-state index is 0.194. The summed E-state index contributed by atoms with van der Waals surface area (Å²) in [4.78, 5) is 24.0. The molecule has 0 saturated carbocycles. The second-order valence-electron chi connectivity index (χ2n) is 7.56. The van der Waals surface area contributed by atoms with E-state index in [-0.39, 0.29) is 25.0 Å². The molecular weight excluding hydrogens is 368 g/mol. The van der Waals surface area contributed by atoms with Crippen LogP contribution in [0.25, 0.3) is 0 Å². The summed E-state index contributed by atoms with van der Waals surface area (Å²) < 4.78 is 11.2. The van der Waals surface area contributed by atoms with Crippen LogP contribution in [0.15, 0.2) is 42.5 Å². The average Bonchev–Trinajstić information content (AvgIpc) is 2.69. The van der Waals surface area contributed by atoms with Crippen molar-refractivity contribution >= 4 is 11.8 Å². The normalized spacial score (nSPS) is 10.7. The van der Waals surface area contributed by atoms with Gasteiger partial charge in [-0.05, 0) is 47.6 Å². The maximum absolute atomic E-state index is 12.0. The van der Waals surface area contributed by atoms with Gasteiger partial charge in [-0.15, -0.1) is 0 Å². The van der Waals surface area contributed by atoms with Gasteiger partial charge in [-0.1, -0.05) is 58.0 Å². The monoisotopic (exact) mass is 398 g/mol. The number of aryl methyl sites for hydroxylation is 1. The minimum atomic E-state index is -0.449. The Bertz CT molecular complexity index is 847. The van der Waals surface area contributed by atoms with E-state index in [4.69, 9.17) is 9.47 Å². The summed E-state index contributed by atoms with van der Waals surface area (Å²) in [6.07, 6.45) is 0.